The predicted molar refractivity (Wildman–Crippen MR) is 75.6 cm³/mol. The fraction of sp³-hybridized carbons (Fsp3) is 0.562. The third kappa shape index (κ3) is 3.51. The molecule has 4 heteroatoms. The maximum absolute atomic E-state index is 12.1. The van der Waals surface area contributed by atoms with E-state index >= 15 is 0 Å². The van der Waals surface area contributed by atoms with Crippen molar-refractivity contribution in [1.29, 1.82) is 0 Å². The number of rotatable bonds is 2. The summed E-state index contributed by atoms with van der Waals surface area (Å²) in [5.74, 6) is -0.624. The lowest BCUT2D eigenvalue weighted by atomic mass is 9.69. The van der Waals surface area contributed by atoms with Crippen LogP contribution in [0.15, 0.2) is 24.3 Å². The van der Waals surface area contributed by atoms with Gasteiger partial charge < -0.3 is 14.9 Å². The van der Waals surface area contributed by atoms with E-state index in [4.69, 9.17) is 4.74 Å². The molecule has 1 fully saturated rings. The maximum Gasteiger partial charge on any atom is 0.342 e. The highest BCUT2D eigenvalue weighted by Crippen LogP contribution is 2.42. The predicted octanol–water partition coefficient (Wildman–Crippen LogP) is 2.88. The van der Waals surface area contributed by atoms with Crippen molar-refractivity contribution in [2.24, 2.45) is 5.41 Å². The number of hydrogen-bond donors (Lipinski definition) is 2. The molecule has 0 aromatic heterocycles. The van der Waals surface area contributed by atoms with Crippen LogP contribution in [-0.4, -0.2) is 27.9 Å². The van der Waals surface area contributed by atoms with Crippen LogP contribution in [0.1, 0.15) is 50.4 Å². The maximum atomic E-state index is 12.1. The number of phenols is 1. The van der Waals surface area contributed by atoms with Crippen LogP contribution in [0.5, 0.6) is 5.75 Å². The summed E-state index contributed by atoms with van der Waals surface area (Å²) >= 11 is 0. The van der Waals surface area contributed by atoms with E-state index in [-0.39, 0.29) is 22.8 Å². The van der Waals surface area contributed by atoms with Crippen molar-refractivity contribution in [1.82, 2.24) is 0 Å². The Kier molecular flexibility index (Phi) is 3.78. The van der Waals surface area contributed by atoms with Gasteiger partial charge in [0, 0.05) is 6.42 Å². The largest absolute Gasteiger partial charge is 0.507 e. The number of carbonyl (C=O) groups excluding carboxylic acids is 1. The average molecular weight is 278 g/mol. The monoisotopic (exact) mass is 278 g/mol. The molecule has 20 heavy (non-hydrogen) atoms. The summed E-state index contributed by atoms with van der Waals surface area (Å²) in [4.78, 5) is 12.1. The molecule has 1 aliphatic rings. The van der Waals surface area contributed by atoms with Crippen molar-refractivity contribution in [2.75, 3.05) is 0 Å². The molecule has 0 bridgehead atoms. The SMILES string of the molecule is CC1(C)C[C@H](OC(=O)c2ccccc2O)C[C@@](C)(O)C1. The molecule has 1 aromatic carbocycles. The molecule has 1 saturated carbocycles. The summed E-state index contributed by atoms with van der Waals surface area (Å²) in [6.45, 7) is 5.89. The van der Waals surface area contributed by atoms with Crippen LogP contribution < -0.4 is 0 Å². The van der Waals surface area contributed by atoms with Gasteiger partial charge in [-0.05, 0) is 37.3 Å². The van der Waals surface area contributed by atoms with E-state index in [1.165, 1.54) is 12.1 Å². The van der Waals surface area contributed by atoms with Gasteiger partial charge in [-0.3, -0.25) is 0 Å². The van der Waals surface area contributed by atoms with Gasteiger partial charge >= 0.3 is 5.97 Å². The highest BCUT2D eigenvalue weighted by Gasteiger charge is 2.41. The van der Waals surface area contributed by atoms with Crippen molar-refractivity contribution in [3.63, 3.8) is 0 Å². The molecular weight excluding hydrogens is 256 g/mol. The van der Waals surface area contributed by atoms with Gasteiger partial charge in [0.1, 0.15) is 17.4 Å². The Labute approximate surface area is 119 Å². The molecule has 2 rings (SSSR count). The Morgan fingerprint density at radius 1 is 1.25 bits per heavy atom. The van der Waals surface area contributed by atoms with Crippen LogP contribution in [0.3, 0.4) is 0 Å². The summed E-state index contributed by atoms with van der Waals surface area (Å²) in [6, 6.07) is 6.32. The van der Waals surface area contributed by atoms with E-state index in [2.05, 4.69) is 13.8 Å². The van der Waals surface area contributed by atoms with Crippen LogP contribution in [0.4, 0.5) is 0 Å². The molecule has 0 saturated heterocycles. The summed E-state index contributed by atoms with van der Waals surface area (Å²) in [7, 11) is 0. The van der Waals surface area contributed by atoms with Gasteiger partial charge in [-0.15, -0.1) is 0 Å². The molecule has 0 heterocycles. The molecule has 1 aliphatic carbocycles. The molecule has 2 N–H and O–H groups in total. The molecule has 0 amide bonds. The third-order valence-corrected chi connectivity index (χ3v) is 3.70. The van der Waals surface area contributed by atoms with Crippen molar-refractivity contribution in [3.05, 3.63) is 29.8 Å². The van der Waals surface area contributed by atoms with Crippen LogP contribution in [0.25, 0.3) is 0 Å². The van der Waals surface area contributed by atoms with Gasteiger partial charge in [-0.2, -0.15) is 0 Å². The van der Waals surface area contributed by atoms with Crippen molar-refractivity contribution < 1.29 is 19.7 Å². The van der Waals surface area contributed by atoms with Crippen LogP contribution in [0, 0.1) is 5.41 Å². The standard InChI is InChI=1S/C16H22O4/c1-15(2)8-11(9-16(3,19)10-15)20-14(18)12-6-4-5-7-13(12)17/h4-7,11,17,19H,8-10H2,1-3H3/t11-,16+/m0/s1. The first-order valence-corrected chi connectivity index (χ1v) is 6.90. The number of carbonyl (C=O) groups is 1. The second kappa shape index (κ2) is 5.09. The molecule has 0 radical (unpaired) electrons. The zero-order valence-electron chi connectivity index (χ0n) is 12.2. The lowest BCUT2D eigenvalue weighted by Gasteiger charge is -2.43. The fourth-order valence-electron chi connectivity index (χ4n) is 3.30. The first-order valence-electron chi connectivity index (χ1n) is 6.90. The van der Waals surface area contributed by atoms with E-state index in [9.17, 15) is 15.0 Å². The Hall–Kier alpha value is -1.55. The minimum absolute atomic E-state index is 0.0779. The molecule has 4 nitrogen and oxygen atoms in total. The number of aromatic hydroxyl groups is 1. The summed E-state index contributed by atoms with van der Waals surface area (Å²) in [6.07, 6.45) is 1.49. The van der Waals surface area contributed by atoms with E-state index in [0.29, 0.717) is 19.3 Å². The van der Waals surface area contributed by atoms with Crippen molar-refractivity contribution >= 4 is 5.97 Å². The summed E-state index contributed by atoms with van der Waals surface area (Å²) in [5, 5.41) is 19.9. The highest BCUT2D eigenvalue weighted by molar-refractivity contribution is 5.92. The molecule has 0 aliphatic heterocycles. The minimum atomic E-state index is -0.828. The summed E-state index contributed by atoms with van der Waals surface area (Å²) < 4.78 is 5.47. The Morgan fingerprint density at radius 2 is 1.90 bits per heavy atom. The van der Waals surface area contributed by atoms with Crippen LogP contribution in [0.2, 0.25) is 0 Å². The molecule has 110 valence electrons. The topological polar surface area (TPSA) is 66.8 Å². The number of phenolic OH excluding ortho intramolecular Hbond substituents is 1. The lowest BCUT2D eigenvalue weighted by molar-refractivity contribution is -0.0834. The van der Waals surface area contributed by atoms with Crippen LogP contribution in [-0.2, 0) is 4.74 Å². The second-order valence-corrected chi connectivity index (χ2v) is 6.79. The zero-order valence-corrected chi connectivity index (χ0v) is 12.2. The number of ether oxygens (including phenoxy) is 1. The van der Waals surface area contributed by atoms with Gasteiger partial charge in [0.25, 0.3) is 0 Å². The Morgan fingerprint density at radius 3 is 2.50 bits per heavy atom. The summed E-state index contributed by atoms with van der Waals surface area (Å²) in [5.41, 5.74) is -0.743. The quantitative estimate of drug-likeness (QED) is 0.816. The molecule has 2 atom stereocenters. The number of para-hydroxylation sites is 1. The fourth-order valence-corrected chi connectivity index (χ4v) is 3.30. The smallest absolute Gasteiger partial charge is 0.342 e. The first kappa shape index (κ1) is 14.9. The number of aliphatic hydroxyl groups is 1. The van der Waals surface area contributed by atoms with Gasteiger partial charge in [0.15, 0.2) is 0 Å². The first-order chi connectivity index (χ1) is 9.19. The van der Waals surface area contributed by atoms with Gasteiger partial charge in [0.2, 0.25) is 0 Å². The molecule has 1 aromatic rings. The lowest BCUT2D eigenvalue weighted by Crippen LogP contribution is -2.44. The number of esters is 1. The number of benzene rings is 1. The molecule has 0 unspecified atom stereocenters. The highest BCUT2D eigenvalue weighted by atomic mass is 16.5. The van der Waals surface area contributed by atoms with Gasteiger partial charge in [-0.25, -0.2) is 4.79 Å². The normalized spacial score (nSPS) is 28.9. The average Bonchev–Trinajstić information content (AvgIpc) is 2.24. The second-order valence-electron chi connectivity index (χ2n) is 6.79. The third-order valence-electron chi connectivity index (χ3n) is 3.70. The Bertz CT molecular complexity index is 489. The van der Waals surface area contributed by atoms with Gasteiger partial charge in [0.05, 0.1) is 5.60 Å². The minimum Gasteiger partial charge on any atom is -0.507 e. The van der Waals surface area contributed by atoms with Crippen molar-refractivity contribution in [3.8, 4) is 5.75 Å². The Balaban J connectivity index is 2.10. The zero-order chi connectivity index (χ0) is 15.0. The molecular formula is C16H22O4. The molecule has 0 spiro atoms. The van der Waals surface area contributed by atoms with Crippen LogP contribution >= 0.6 is 0 Å². The van der Waals surface area contributed by atoms with E-state index < -0.39 is 11.6 Å². The van der Waals surface area contributed by atoms with E-state index in [0.717, 1.165) is 0 Å². The number of hydrogen-bond acceptors (Lipinski definition) is 4. The van der Waals surface area contributed by atoms with Gasteiger partial charge in [-0.1, -0.05) is 26.0 Å². The van der Waals surface area contributed by atoms with Crippen molar-refractivity contribution in [2.45, 2.75) is 51.7 Å². The van der Waals surface area contributed by atoms with E-state index in [1.807, 2.05) is 0 Å². The van der Waals surface area contributed by atoms with E-state index in [1.54, 1.807) is 19.1 Å².